The molecule has 1 aromatic heterocycles. The quantitative estimate of drug-likeness (QED) is 0.668. The van der Waals surface area contributed by atoms with Crippen molar-refractivity contribution in [2.45, 2.75) is 5.75 Å². The fraction of sp³-hybridized carbons (Fsp3) is 0.125. The second-order valence-corrected chi connectivity index (χ2v) is 6.88. The number of rotatable bonds is 6. The minimum atomic E-state index is -0.514. The molecule has 0 spiro atoms. The van der Waals surface area contributed by atoms with Gasteiger partial charge in [-0.1, -0.05) is 53.0 Å². The van der Waals surface area contributed by atoms with Gasteiger partial charge in [0.25, 0.3) is 5.91 Å². The first-order valence-corrected chi connectivity index (χ1v) is 8.86. The number of hydrogen-bond donors (Lipinski definition) is 1. The Kier molecular flexibility index (Phi) is 7.24. The van der Waals surface area contributed by atoms with Crippen molar-refractivity contribution in [1.29, 1.82) is 0 Å². The van der Waals surface area contributed by atoms with Crippen LogP contribution in [-0.4, -0.2) is 18.0 Å². The number of pyridine rings is 1. The number of hydrogen-bond acceptors (Lipinski definition) is 4. The molecule has 0 saturated heterocycles. The second-order valence-electron chi connectivity index (χ2n) is 4.51. The van der Waals surface area contributed by atoms with E-state index in [4.69, 9.17) is 39.5 Å². The van der Waals surface area contributed by atoms with E-state index < -0.39 is 5.91 Å². The van der Waals surface area contributed by atoms with Crippen LogP contribution in [0.15, 0.2) is 52.0 Å². The molecule has 0 aliphatic carbocycles. The number of carbonyl (C=O) groups is 1. The monoisotopic (exact) mass is 402 g/mol. The van der Waals surface area contributed by atoms with Gasteiger partial charge < -0.3 is 10.1 Å². The molecule has 0 atom stereocenters. The molecule has 1 aromatic carbocycles. The van der Waals surface area contributed by atoms with Crippen molar-refractivity contribution in [3.8, 4) is 5.88 Å². The molecule has 0 aliphatic heterocycles. The van der Waals surface area contributed by atoms with Gasteiger partial charge in [0.2, 0.25) is 5.88 Å². The number of ether oxygens (including phenoxy) is 1. The zero-order valence-electron chi connectivity index (χ0n) is 12.6. The lowest BCUT2D eigenvalue weighted by atomic mass is 10.2. The van der Waals surface area contributed by atoms with Gasteiger partial charge in [-0.15, -0.1) is 11.8 Å². The number of halogens is 3. The van der Waals surface area contributed by atoms with Crippen molar-refractivity contribution < 1.29 is 9.53 Å². The number of nitrogens with zero attached hydrogens (tertiary/aromatic N) is 1. The highest BCUT2D eigenvalue weighted by atomic mass is 35.5. The lowest BCUT2D eigenvalue weighted by Crippen LogP contribution is -2.12. The number of nitrogens with one attached hydrogen (secondary N) is 1. The van der Waals surface area contributed by atoms with E-state index in [1.54, 1.807) is 18.2 Å². The summed E-state index contributed by atoms with van der Waals surface area (Å²) in [5, 5.41) is 3.16. The molecule has 2 aromatic rings. The van der Waals surface area contributed by atoms with Crippen LogP contribution >= 0.6 is 46.6 Å². The summed E-state index contributed by atoms with van der Waals surface area (Å²) < 4.78 is 5.14. The summed E-state index contributed by atoms with van der Waals surface area (Å²) in [6.45, 7) is 0. The Balaban J connectivity index is 1.99. The van der Waals surface area contributed by atoms with E-state index in [1.807, 2.05) is 18.2 Å². The number of methoxy groups -OCH3 is 1. The molecule has 0 fully saturated rings. The van der Waals surface area contributed by atoms with Gasteiger partial charge in [-0.3, -0.25) is 4.79 Å². The van der Waals surface area contributed by atoms with Crippen molar-refractivity contribution in [2.24, 2.45) is 0 Å². The third-order valence-corrected chi connectivity index (χ3v) is 5.25. The van der Waals surface area contributed by atoms with Crippen LogP contribution in [0.3, 0.4) is 0 Å². The highest BCUT2D eigenvalue weighted by molar-refractivity contribution is 8.03. The summed E-state index contributed by atoms with van der Waals surface area (Å²) in [7, 11) is 1.51. The molecule has 126 valence electrons. The Morgan fingerprint density at radius 2 is 2.00 bits per heavy atom. The Bertz CT molecular complexity index is 751. The van der Waals surface area contributed by atoms with Crippen LogP contribution in [0.1, 0.15) is 5.56 Å². The van der Waals surface area contributed by atoms with Gasteiger partial charge in [0.05, 0.1) is 23.4 Å². The SMILES string of the molecule is COc1ccc(NC(=O)C(Cl)=C(Cl)SCc2ccccc2Cl)cn1. The normalized spacial score (nSPS) is 11.7. The van der Waals surface area contributed by atoms with Gasteiger partial charge in [-0.05, 0) is 17.7 Å². The van der Waals surface area contributed by atoms with E-state index in [2.05, 4.69) is 10.3 Å². The number of carbonyl (C=O) groups excluding carboxylic acids is 1. The van der Waals surface area contributed by atoms with Gasteiger partial charge in [-0.25, -0.2) is 4.98 Å². The van der Waals surface area contributed by atoms with E-state index in [-0.39, 0.29) is 9.40 Å². The van der Waals surface area contributed by atoms with E-state index in [0.29, 0.717) is 22.3 Å². The van der Waals surface area contributed by atoms with E-state index in [9.17, 15) is 4.79 Å². The first-order valence-electron chi connectivity index (χ1n) is 6.74. The average Bonchev–Trinajstić information content (AvgIpc) is 2.60. The zero-order chi connectivity index (χ0) is 17.5. The summed E-state index contributed by atoms with van der Waals surface area (Å²) in [6.07, 6.45) is 1.46. The van der Waals surface area contributed by atoms with Crippen molar-refractivity contribution >= 4 is 58.2 Å². The van der Waals surface area contributed by atoms with Crippen molar-refractivity contribution in [2.75, 3.05) is 12.4 Å². The van der Waals surface area contributed by atoms with Crippen molar-refractivity contribution in [3.05, 3.63) is 62.6 Å². The third kappa shape index (κ3) is 5.31. The molecule has 2 rings (SSSR count). The minimum Gasteiger partial charge on any atom is -0.481 e. The maximum absolute atomic E-state index is 12.1. The summed E-state index contributed by atoms with van der Waals surface area (Å²) >= 11 is 19.5. The first-order chi connectivity index (χ1) is 11.5. The molecule has 24 heavy (non-hydrogen) atoms. The van der Waals surface area contributed by atoms with Gasteiger partial charge in [0, 0.05) is 16.8 Å². The Labute approximate surface area is 159 Å². The molecule has 1 amide bonds. The van der Waals surface area contributed by atoms with Crippen LogP contribution in [0.2, 0.25) is 5.02 Å². The molecule has 1 heterocycles. The summed E-state index contributed by atoms with van der Waals surface area (Å²) in [4.78, 5) is 16.1. The molecular weight excluding hydrogens is 391 g/mol. The maximum atomic E-state index is 12.1. The second kappa shape index (κ2) is 9.18. The number of aromatic nitrogens is 1. The lowest BCUT2D eigenvalue weighted by molar-refractivity contribution is -0.112. The Morgan fingerprint density at radius 1 is 1.25 bits per heavy atom. The Morgan fingerprint density at radius 3 is 2.62 bits per heavy atom. The first kappa shape index (κ1) is 18.9. The minimum absolute atomic E-state index is 0.0930. The molecule has 0 aliphatic rings. The summed E-state index contributed by atoms with van der Waals surface area (Å²) in [6, 6.07) is 10.7. The standard InChI is InChI=1S/C16H13Cl3N2O2S/c1-23-13-7-6-11(8-20-13)21-16(22)14(18)15(19)24-9-10-4-2-3-5-12(10)17/h2-8H,9H2,1H3,(H,21,22). The van der Waals surface area contributed by atoms with E-state index in [0.717, 1.165) is 5.56 Å². The van der Waals surface area contributed by atoms with Crippen LogP contribution in [0.4, 0.5) is 5.69 Å². The van der Waals surface area contributed by atoms with Gasteiger partial charge >= 0.3 is 0 Å². The molecule has 0 bridgehead atoms. The van der Waals surface area contributed by atoms with Crippen LogP contribution in [-0.2, 0) is 10.5 Å². The number of benzene rings is 1. The van der Waals surface area contributed by atoms with E-state index >= 15 is 0 Å². The molecule has 0 saturated carbocycles. The molecule has 1 N–H and O–H groups in total. The van der Waals surface area contributed by atoms with E-state index in [1.165, 1.54) is 25.1 Å². The molecular formula is C16H13Cl3N2O2S. The topological polar surface area (TPSA) is 51.2 Å². The number of anilines is 1. The van der Waals surface area contributed by atoms with Gasteiger partial charge in [-0.2, -0.15) is 0 Å². The number of thioether (sulfide) groups is 1. The van der Waals surface area contributed by atoms with Crippen molar-refractivity contribution in [1.82, 2.24) is 4.98 Å². The fourth-order valence-electron chi connectivity index (χ4n) is 1.67. The summed E-state index contributed by atoms with van der Waals surface area (Å²) in [5.74, 6) is 0.440. The highest BCUT2D eigenvalue weighted by Crippen LogP contribution is 2.32. The van der Waals surface area contributed by atoms with Gasteiger partial charge in [0.15, 0.2) is 0 Å². The third-order valence-electron chi connectivity index (χ3n) is 2.89. The number of amides is 1. The van der Waals surface area contributed by atoms with Crippen LogP contribution in [0.25, 0.3) is 0 Å². The van der Waals surface area contributed by atoms with Crippen molar-refractivity contribution in [3.63, 3.8) is 0 Å². The van der Waals surface area contributed by atoms with Gasteiger partial charge in [0.1, 0.15) is 5.03 Å². The summed E-state index contributed by atoms with van der Waals surface area (Å²) in [5.41, 5.74) is 1.39. The predicted molar refractivity (Wildman–Crippen MR) is 101 cm³/mol. The lowest BCUT2D eigenvalue weighted by Gasteiger charge is -2.07. The Hall–Kier alpha value is -1.40. The maximum Gasteiger partial charge on any atom is 0.269 e. The predicted octanol–water partition coefficient (Wildman–Crippen LogP) is 5.26. The van der Waals surface area contributed by atoms with Crippen LogP contribution < -0.4 is 10.1 Å². The molecule has 8 heteroatoms. The molecule has 0 unspecified atom stereocenters. The molecule has 4 nitrogen and oxygen atoms in total. The molecule has 0 radical (unpaired) electrons. The largest absolute Gasteiger partial charge is 0.481 e. The average molecular weight is 404 g/mol. The fourth-order valence-corrected chi connectivity index (χ4v) is 3.17. The van der Waals surface area contributed by atoms with Crippen LogP contribution in [0.5, 0.6) is 5.88 Å². The van der Waals surface area contributed by atoms with Crippen LogP contribution in [0, 0.1) is 0 Å². The zero-order valence-corrected chi connectivity index (χ0v) is 15.6. The highest BCUT2D eigenvalue weighted by Gasteiger charge is 2.14. The smallest absolute Gasteiger partial charge is 0.269 e.